The average molecular weight is 328 g/mol. The molecule has 1 amide bonds. The Morgan fingerprint density at radius 1 is 1.39 bits per heavy atom. The lowest BCUT2D eigenvalue weighted by atomic mass is 10.2. The van der Waals surface area contributed by atoms with Crippen molar-refractivity contribution < 1.29 is 9.18 Å². The maximum Gasteiger partial charge on any atom is 0.254 e. The molecule has 0 unspecified atom stereocenters. The van der Waals surface area contributed by atoms with Crippen LogP contribution in [-0.2, 0) is 6.42 Å². The standard InChI is InChI=1S/C13H11BrFNOS/c14-9-3-4-11(12(15)8-9)13(17)16-6-5-10-2-1-7-18-10/h1-4,7-8H,5-6H2,(H,16,17). The first-order valence-corrected chi connectivity index (χ1v) is 7.10. The summed E-state index contributed by atoms with van der Waals surface area (Å²) in [6, 6.07) is 8.39. The van der Waals surface area contributed by atoms with Gasteiger partial charge in [-0.3, -0.25) is 4.79 Å². The Balaban J connectivity index is 1.91. The van der Waals surface area contributed by atoms with E-state index < -0.39 is 5.82 Å². The van der Waals surface area contributed by atoms with Crippen LogP contribution in [0.4, 0.5) is 4.39 Å². The van der Waals surface area contributed by atoms with Gasteiger partial charge in [-0.2, -0.15) is 0 Å². The SMILES string of the molecule is O=C(NCCc1cccs1)c1ccc(Br)cc1F. The summed E-state index contributed by atoms with van der Waals surface area (Å²) in [5.41, 5.74) is 0.0735. The molecule has 0 saturated carbocycles. The van der Waals surface area contributed by atoms with Gasteiger partial charge in [0.15, 0.2) is 0 Å². The fourth-order valence-corrected chi connectivity index (χ4v) is 2.57. The van der Waals surface area contributed by atoms with Crippen molar-refractivity contribution in [1.82, 2.24) is 5.32 Å². The third-order valence-corrected chi connectivity index (χ3v) is 3.84. The van der Waals surface area contributed by atoms with Gasteiger partial charge in [0.1, 0.15) is 5.82 Å². The van der Waals surface area contributed by atoms with E-state index >= 15 is 0 Å². The minimum Gasteiger partial charge on any atom is -0.352 e. The van der Waals surface area contributed by atoms with Crippen LogP contribution in [0.15, 0.2) is 40.2 Å². The molecule has 0 fully saturated rings. The lowest BCUT2D eigenvalue weighted by Crippen LogP contribution is -2.26. The van der Waals surface area contributed by atoms with E-state index in [-0.39, 0.29) is 11.5 Å². The highest BCUT2D eigenvalue weighted by Crippen LogP contribution is 2.15. The molecule has 18 heavy (non-hydrogen) atoms. The molecule has 94 valence electrons. The number of carbonyl (C=O) groups is 1. The van der Waals surface area contributed by atoms with Crippen molar-refractivity contribution in [3.63, 3.8) is 0 Å². The van der Waals surface area contributed by atoms with Crippen molar-refractivity contribution in [1.29, 1.82) is 0 Å². The molecule has 1 aromatic heterocycles. The van der Waals surface area contributed by atoms with E-state index in [9.17, 15) is 9.18 Å². The van der Waals surface area contributed by atoms with Crippen molar-refractivity contribution in [2.75, 3.05) is 6.54 Å². The summed E-state index contributed by atoms with van der Waals surface area (Å²) >= 11 is 4.80. The molecule has 2 nitrogen and oxygen atoms in total. The number of benzene rings is 1. The van der Waals surface area contributed by atoms with E-state index in [1.807, 2.05) is 17.5 Å². The van der Waals surface area contributed by atoms with Crippen molar-refractivity contribution in [2.24, 2.45) is 0 Å². The Morgan fingerprint density at radius 2 is 2.22 bits per heavy atom. The Labute approximate surface area is 117 Å². The molecule has 0 aliphatic carbocycles. The normalized spacial score (nSPS) is 10.3. The third kappa shape index (κ3) is 3.40. The maximum absolute atomic E-state index is 13.5. The number of hydrogen-bond donors (Lipinski definition) is 1. The first-order chi connectivity index (χ1) is 8.66. The summed E-state index contributed by atoms with van der Waals surface area (Å²) in [6.07, 6.45) is 0.765. The van der Waals surface area contributed by atoms with Gasteiger partial charge >= 0.3 is 0 Å². The van der Waals surface area contributed by atoms with E-state index in [1.54, 1.807) is 17.4 Å². The first-order valence-electron chi connectivity index (χ1n) is 5.42. The molecule has 1 aromatic carbocycles. The molecule has 5 heteroatoms. The van der Waals surface area contributed by atoms with E-state index in [0.717, 1.165) is 6.42 Å². The van der Waals surface area contributed by atoms with Crippen molar-refractivity contribution in [3.05, 3.63) is 56.4 Å². The second kappa shape index (κ2) is 6.11. The molecular weight excluding hydrogens is 317 g/mol. The average Bonchev–Trinajstić information content (AvgIpc) is 2.81. The topological polar surface area (TPSA) is 29.1 Å². The summed E-state index contributed by atoms with van der Waals surface area (Å²) in [4.78, 5) is 12.9. The fourth-order valence-electron chi connectivity index (χ4n) is 1.52. The van der Waals surface area contributed by atoms with Crippen LogP contribution < -0.4 is 5.32 Å². The summed E-state index contributed by atoms with van der Waals surface area (Å²) < 4.78 is 14.1. The van der Waals surface area contributed by atoms with Crippen LogP contribution in [0.5, 0.6) is 0 Å². The highest BCUT2D eigenvalue weighted by Gasteiger charge is 2.11. The lowest BCUT2D eigenvalue weighted by molar-refractivity contribution is 0.0950. The zero-order chi connectivity index (χ0) is 13.0. The molecule has 0 radical (unpaired) electrons. The molecule has 0 aliphatic rings. The van der Waals surface area contributed by atoms with Crippen molar-refractivity contribution in [3.8, 4) is 0 Å². The van der Waals surface area contributed by atoms with Gasteiger partial charge < -0.3 is 5.32 Å². The van der Waals surface area contributed by atoms with Gasteiger partial charge in [0.25, 0.3) is 5.91 Å². The highest BCUT2D eigenvalue weighted by atomic mass is 79.9. The third-order valence-electron chi connectivity index (χ3n) is 2.41. The van der Waals surface area contributed by atoms with Gasteiger partial charge in [-0.1, -0.05) is 22.0 Å². The van der Waals surface area contributed by atoms with E-state index in [1.165, 1.54) is 17.0 Å². The van der Waals surface area contributed by atoms with Crippen LogP contribution in [0, 0.1) is 5.82 Å². The molecule has 1 N–H and O–H groups in total. The molecule has 0 saturated heterocycles. The van der Waals surface area contributed by atoms with Crippen LogP contribution in [0.3, 0.4) is 0 Å². The van der Waals surface area contributed by atoms with Gasteiger partial charge in [-0.05, 0) is 36.1 Å². The second-order valence-corrected chi connectivity index (χ2v) is 5.66. The molecule has 0 spiro atoms. The second-order valence-electron chi connectivity index (χ2n) is 3.71. The van der Waals surface area contributed by atoms with Crippen LogP contribution in [0.1, 0.15) is 15.2 Å². The van der Waals surface area contributed by atoms with E-state index in [4.69, 9.17) is 0 Å². The van der Waals surface area contributed by atoms with E-state index in [0.29, 0.717) is 11.0 Å². The van der Waals surface area contributed by atoms with Crippen LogP contribution in [0.25, 0.3) is 0 Å². The van der Waals surface area contributed by atoms with Crippen LogP contribution in [0.2, 0.25) is 0 Å². The monoisotopic (exact) mass is 327 g/mol. The van der Waals surface area contributed by atoms with Crippen LogP contribution in [-0.4, -0.2) is 12.5 Å². The Kier molecular flexibility index (Phi) is 4.49. The van der Waals surface area contributed by atoms with Crippen molar-refractivity contribution >= 4 is 33.2 Å². The number of thiophene rings is 1. The lowest BCUT2D eigenvalue weighted by Gasteiger charge is -2.05. The number of halogens is 2. The van der Waals surface area contributed by atoms with Gasteiger partial charge in [0.05, 0.1) is 5.56 Å². The van der Waals surface area contributed by atoms with Gasteiger partial charge in [0.2, 0.25) is 0 Å². The fraction of sp³-hybridized carbons (Fsp3) is 0.154. The summed E-state index contributed by atoms with van der Waals surface area (Å²) in [7, 11) is 0. The van der Waals surface area contributed by atoms with Gasteiger partial charge in [-0.15, -0.1) is 11.3 Å². The molecule has 0 atom stereocenters. The Hall–Kier alpha value is -1.20. The molecular formula is C13H11BrFNOS. The zero-order valence-corrected chi connectivity index (χ0v) is 11.9. The van der Waals surface area contributed by atoms with Gasteiger partial charge in [0, 0.05) is 15.9 Å². The number of nitrogens with one attached hydrogen (secondary N) is 1. The summed E-state index contributed by atoms with van der Waals surface area (Å²) in [5.74, 6) is -0.894. The first kappa shape index (κ1) is 13.2. The van der Waals surface area contributed by atoms with Crippen LogP contribution >= 0.6 is 27.3 Å². The number of amides is 1. The Morgan fingerprint density at radius 3 is 2.89 bits per heavy atom. The minimum atomic E-state index is -0.516. The summed E-state index contributed by atoms with van der Waals surface area (Å²) in [6.45, 7) is 0.509. The Bertz CT molecular complexity index is 542. The molecule has 0 aliphatic heterocycles. The summed E-state index contributed by atoms with van der Waals surface area (Å²) in [5, 5.41) is 4.70. The molecule has 0 bridgehead atoms. The highest BCUT2D eigenvalue weighted by molar-refractivity contribution is 9.10. The van der Waals surface area contributed by atoms with Crippen molar-refractivity contribution in [2.45, 2.75) is 6.42 Å². The minimum absolute atomic E-state index is 0.0735. The quantitative estimate of drug-likeness (QED) is 0.912. The smallest absolute Gasteiger partial charge is 0.254 e. The maximum atomic E-state index is 13.5. The van der Waals surface area contributed by atoms with E-state index in [2.05, 4.69) is 21.2 Å². The predicted molar refractivity (Wildman–Crippen MR) is 74.5 cm³/mol. The molecule has 1 heterocycles. The molecule has 2 aromatic rings. The number of carbonyl (C=O) groups excluding carboxylic acids is 1. The molecule has 2 rings (SSSR count). The predicted octanol–water partition coefficient (Wildman–Crippen LogP) is 3.62. The van der Waals surface area contributed by atoms with Gasteiger partial charge in [-0.25, -0.2) is 4.39 Å². The number of rotatable bonds is 4. The number of hydrogen-bond acceptors (Lipinski definition) is 2. The zero-order valence-electron chi connectivity index (χ0n) is 9.45. The largest absolute Gasteiger partial charge is 0.352 e.